The molecule has 0 spiro atoms. The van der Waals surface area contributed by atoms with E-state index in [2.05, 4.69) is 46.9 Å². The first-order valence-electron chi connectivity index (χ1n) is 11.5. The lowest BCUT2D eigenvalue weighted by molar-refractivity contribution is -0.121. The molecule has 0 aromatic heterocycles. The quantitative estimate of drug-likeness (QED) is 0.525. The zero-order valence-corrected chi connectivity index (χ0v) is 21.3. The van der Waals surface area contributed by atoms with Gasteiger partial charge >= 0.3 is 0 Å². The summed E-state index contributed by atoms with van der Waals surface area (Å²) in [6.45, 7) is 16.1. The molecule has 0 atom stereocenters. The maximum atomic E-state index is 12.6. The van der Waals surface area contributed by atoms with Crippen LogP contribution >= 0.6 is 0 Å². The summed E-state index contributed by atoms with van der Waals surface area (Å²) in [5.41, 5.74) is 4.51. The Morgan fingerprint density at radius 2 is 1.39 bits per heavy atom. The molecule has 2 rings (SSSR count). The molecule has 0 heterocycles. The van der Waals surface area contributed by atoms with Crippen LogP contribution in [0, 0.1) is 6.92 Å². The first kappa shape index (κ1) is 26.4. The van der Waals surface area contributed by atoms with Crippen molar-refractivity contribution in [2.45, 2.75) is 92.0 Å². The molecular formula is C28H39NO4. The Balaban J connectivity index is 2.13. The van der Waals surface area contributed by atoms with E-state index in [1.807, 2.05) is 18.2 Å². The van der Waals surface area contributed by atoms with Crippen molar-refractivity contribution in [3.63, 3.8) is 0 Å². The number of Topliss-reactive ketones (excluding diaryl/α,β-unsaturated/α-hetero) is 1. The van der Waals surface area contributed by atoms with Crippen LogP contribution in [0.5, 0.6) is 11.5 Å². The third kappa shape index (κ3) is 7.08. The molecule has 5 heteroatoms. The number of phenolic OH excluding ortho intramolecular Hbond substituents is 2. The lowest BCUT2D eigenvalue weighted by Crippen LogP contribution is -2.23. The monoisotopic (exact) mass is 453 g/mol. The van der Waals surface area contributed by atoms with Gasteiger partial charge in [-0.05, 0) is 65.0 Å². The minimum Gasteiger partial charge on any atom is -0.507 e. The van der Waals surface area contributed by atoms with E-state index >= 15 is 0 Å². The number of aromatic hydroxyl groups is 2. The minimum absolute atomic E-state index is 0.0240. The molecule has 0 radical (unpaired) electrons. The van der Waals surface area contributed by atoms with E-state index < -0.39 is 0 Å². The third-order valence-corrected chi connectivity index (χ3v) is 5.79. The Bertz CT molecular complexity index is 1000. The van der Waals surface area contributed by atoms with Gasteiger partial charge in [-0.1, -0.05) is 59.7 Å². The van der Waals surface area contributed by atoms with Crippen molar-refractivity contribution >= 4 is 11.7 Å². The van der Waals surface area contributed by atoms with Gasteiger partial charge in [0.15, 0.2) is 0 Å². The summed E-state index contributed by atoms with van der Waals surface area (Å²) in [5, 5.41) is 24.0. The molecule has 2 aromatic carbocycles. The Morgan fingerprint density at radius 1 is 0.848 bits per heavy atom. The second kappa shape index (κ2) is 9.98. The van der Waals surface area contributed by atoms with Crippen LogP contribution in [-0.2, 0) is 39.8 Å². The van der Waals surface area contributed by atoms with Crippen molar-refractivity contribution in [1.82, 2.24) is 5.32 Å². The van der Waals surface area contributed by atoms with Gasteiger partial charge in [0.2, 0.25) is 5.91 Å². The number of benzene rings is 2. The number of carbonyl (C=O) groups excluding carboxylic acids is 2. The van der Waals surface area contributed by atoms with E-state index in [1.165, 1.54) is 6.92 Å². The van der Waals surface area contributed by atoms with Crippen LogP contribution < -0.4 is 5.32 Å². The molecule has 0 unspecified atom stereocenters. The lowest BCUT2D eigenvalue weighted by atomic mass is 9.78. The second-order valence-corrected chi connectivity index (χ2v) is 11.1. The van der Waals surface area contributed by atoms with E-state index in [-0.39, 0.29) is 34.7 Å². The van der Waals surface area contributed by atoms with Crippen LogP contribution in [0.1, 0.15) is 88.3 Å². The Labute approximate surface area is 198 Å². The predicted molar refractivity (Wildman–Crippen MR) is 133 cm³/mol. The summed E-state index contributed by atoms with van der Waals surface area (Å²) in [4.78, 5) is 24.0. The number of hydrogen-bond acceptors (Lipinski definition) is 4. The van der Waals surface area contributed by atoms with Gasteiger partial charge in [-0.2, -0.15) is 0 Å². The SMILES string of the molecule is CC(=O)Cc1cc(CNC(=O)CCc2cc(C(C)(C)C)c(O)c(C(C)(C)C)c2)cc(C)c1O. The highest BCUT2D eigenvalue weighted by molar-refractivity contribution is 5.79. The molecule has 0 aliphatic rings. The number of ketones is 1. The molecule has 0 saturated carbocycles. The Kier molecular flexibility index (Phi) is 8.00. The zero-order chi connectivity index (χ0) is 25.1. The molecule has 0 aliphatic heterocycles. The fraction of sp³-hybridized carbons (Fsp3) is 0.500. The molecule has 0 fully saturated rings. The van der Waals surface area contributed by atoms with E-state index in [0.29, 0.717) is 36.3 Å². The van der Waals surface area contributed by atoms with Gasteiger partial charge in [-0.15, -0.1) is 0 Å². The van der Waals surface area contributed by atoms with Crippen LogP contribution in [0.15, 0.2) is 24.3 Å². The number of hydrogen-bond donors (Lipinski definition) is 3. The number of phenols is 2. The van der Waals surface area contributed by atoms with Crippen molar-refractivity contribution in [1.29, 1.82) is 0 Å². The first-order chi connectivity index (χ1) is 15.1. The molecule has 0 bridgehead atoms. The second-order valence-electron chi connectivity index (χ2n) is 11.1. The third-order valence-electron chi connectivity index (χ3n) is 5.79. The molecule has 3 N–H and O–H groups in total. The lowest BCUT2D eigenvalue weighted by Gasteiger charge is -2.28. The average Bonchev–Trinajstić information content (AvgIpc) is 2.66. The van der Waals surface area contributed by atoms with Crippen LogP contribution in [0.4, 0.5) is 0 Å². The maximum absolute atomic E-state index is 12.6. The molecule has 2 aromatic rings. The van der Waals surface area contributed by atoms with E-state index in [0.717, 1.165) is 22.3 Å². The first-order valence-corrected chi connectivity index (χ1v) is 11.5. The number of rotatable bonds is 7. The standard InChI is InChI=1S/C28H39NO4/c1-17-11-20(13-21(25(17)32)12-18(2)30)16-29-24(31)10-9-19-14-22(27(3,4)5)26(33)23(15-19)28(6,7)8/h11,13-15,32-33H,9-10,12,16H2,1-8H3,(H,29,31). The number of aryl methyl sites for hydroxylation is 2. The largest absolute Gasteiger partial charge is 0.507 e. The topological polar surface area (TPSA) is 86.6 Å². The van der Waals surface area contributed by atoms with Gasteiger partial charge in [-0.25, -0.2) is 0 Å². The molecule has 33 heavy (non-hydrogen) atoms. The Hall–Kier alpha value is -2.82. The summed E-state index contributed by atoms with van der Waals surface area (Å²) >= 11 is 0. The number of nitrogens with one attached hydrogen (secondary N) is 1. The molecule has 1 amide bonds. The fourth-order valence-electron chi connectivity index (χ4n) is 3.97. The molecule has 5 nitrogen and oxygen atoms in total. The summed E-state index contributed by atoms with van der Waals surface area (Å²) in [5.74, 6) is 0.379. The van der Waals surface area contributed by atoms with Crippen LogP contribution in [-0.4, -0.2) is 21.9 Å². The smallest absolute Gasteiger partial charge is 0.220 e. The van der Waals surface area contributed by atoms with Crippen LogP contribution in [0.25, 0.3) is 0 Å². The van der Waals surface area contributed by atoms with E-state index in [1.54, 1.807) is 13.0 Å². The summed E-state index contributed by atoms with van der Waals surface area (Å²) in [7, 11) is 0. The van der Waals surface area contributed by atoms with E-state index in [9.17, 15) is 19.8 Å². The molecule has 180 valence electrons. The molecule has 0 saturated heterocycles. The van der Waals surface area contributed by atoms with Gasteiger partial charge in [0.25, 0.3) is 0 Å². The fourth-order valence-corrected chi connectivity index (χ4v) is 3.97. The zero-order valence-electron chi connectivity index (χ0n) is 21.3. The highest BCUT2D eigenvalue weighted by Crippen LogP contribution is 2.40. The van der Waals surface area contributed by atoms with Gasteiger partial charge in [-0.3, -0.25) is 9.59 Å². The van der Waals surface area contributed by atoms with Gasteiger partial charge < -0.3 is 15.5 Å². The minimum atomic E-state index is -0.212. The van der Waals surface area contributed by atoms with Gasteiger partial charge in [0.1, 0.15) is 17.3 Å². The number of carbonyl (C=O) groups is 2. The van der Waals surface area contributed by atoms with Crippen molar-refractivity contribution in [3.8, 4) is 11.5 Å². The van der Waals surface area contributed by atoms with Crippen molar-refractivity contribution in [3.05, 3.63) is 57.6 Å². The average molecular weight is 454 g/mol. The highest BCUT2D eigenvalue weighted by Gasteiger charge is 2.26. The highest BCUT2D eigenvalue weighted by atomic mass is 16.3. The molecule has 0 aliphatic carbocycles. The summed E-state index contributed by atoms with van der Waals surface area (Å²) in [6.07, 6.45) is 1.07. The van der Waals surface area contributed by atoms with Crippen molar-refractivity contribution < 1.29 is 19.8 Å². The Morgan fingerprint density at radius 3 is 1.88 bits per heavy atom. The van der Waals surface area contributed by atoms with Crippen molar-refractivity contribution in [2.75, 3.05) is 0 Å². The van der Waals surface area contributed by atoms with Crippen LogP contribution in [0.3, 0.4) is 0 Å². The van der Waals surface area contributed by atoms with Crippen molar-refractivity contribution in [2.24, 2.45) is 0 Å². The molecular weight excluding hydrogens is 414 g/mol. The van der Waals surface area contributed by atoms with Gasteiger partial charge in [0, 0.05) is 24.9 Å². The van der Waals surface area contributed by atoms with E-state index in [4.69, 9.17) is 0 Å². The van der Waals surface area contributed by atoms with Gasteiger partial charge in [0.05, 0.1) is 0 Å². The summed E-state index contributed by atoms with van der Waals surface area (Å²) < 4.78 is 0. The van der Waals surface area contributed by atoms with Crippen LogP contribution in [0.2, 0.25) is 0 Å². The normalized spacial score (nSPS) is 12.0. The summed E-state index contributed by atoms with van der Waals surface area (Å²) in [6, 6.07) is 7.62. The maximum Gasteiger partial charge on any atom is 0.220 e. The predicted octanol–water partition coefficient (Wildman–Crippen LogP) is 5.38. The number of amides is 1.